The van der Waals surface area contributed by atoms with E-state index in [9.17, 15) is 0 Å². The Kier molecular flexibility index (Phi) is 4.27. The molecule has 0 saturated heterocycles. The SMILES string of the molecule is CC(C)SC1=CC=CC(C(C)(C)C)C=C1. The first kappa shape index (κ1) is 12.6. The molecule has 0 nitrogen and oxygen atoms in total. The second-order valence-corrected chi connectivity index (χ2v) is 7.02. The molecule has 0 aliphatic heterocycles. The van der Waals surface area contributed by atoms with Crippen LogP contribution in [-0.4, -0.2) is 5.25 Å². The van der Waals surface area contributed by atoms with Crippen LogP contribution in [0.15, 0.2) is 35.3 Å². The van der Waals surface area contributed by atoms with E-state index >= 15 is 0 Å². The summed E-state index contributed by atoms with van der Waals surface area (Å²) in [6, 6.07) is 0. The first-order chi connectivity index (χ1) is 6.89. The molecule has 0 fully saturated rings. The van der Waals surface area contributed by atoms with Crippen LogP contribution >= 0.6 is 11.8 Å². The fourth-order valence-corrected chi connectivity index (χ4v) is 2.37. The van der Waals surface area contributed by atoms with Gasteiger partial charge < -0.3 is 0 Å². The maximum absolute atomic E-state index is 2.32. The van der Waals surface area contributed by atoms with Gasteiger partial charge in [-0.25, -0.2) is 0 Å². The molecular weight excluding hydrogens is 200 g/mol. The Labute approximate surface area is 98.5 Å². The van der Waals surface area contributed by atoms with Crippen molar-refractivity contribution < 1.29 is 0 Å². The lowest BCUT2D eigenvalue weighted by Gasteiger charge is -2.24. The highest BCUT2D eigenvalue weighted by Gasteiger charge is 2.20. The molecule has 1 rings (SSSR count). The van der Waals surface area contributed by atoms with E-state index in [0.29, 0.717) is 16.6 Å². The molecule has 1 heteroatoms. The molecule has 0 saturated carbocycles. The van der Waals surface area contributed by atoms with E-state index in [2.05, 4.69) is 65.0 Å². The minimum Gasteiger partial charge on any atom is -0.123 e. The molecule has 0 amide bonds. The van der Waals surface area contributed by atoms with Gasteiger partial charge in [0.1, 0.15) is 0 Å². The fraction of sp³-hybridized carbons (Fsp3) is 0.571. The number of thioether (sulfide) groups is 1. The molecule has 1 aliphatic carbocycles. The maximum atomic E-state index is 2.32. The Morgan fingerprint density at radius 1 is 1.20 bits per heavy atom. The summed E-state index contributed by atoms with van der Waals surface area (Å²) in [5.74, 6) is 0.541. The third-order valence-corrected chi connectivity index (χ3v) is 3.43. The minimum atomic E-state index is 0.318. The normalized spacial score (nSPS) is 21.7. The van der Waals surface area contributed by atoms with Gasteiger partial charge in [-0.3, -0.25) is 0 Å². The highest BCUT2D eigenvalue weighted by molar-refractivity contribution is 8.03. The number of hydrogen-bond donors (Lipinski definition) is 0. The van der Waals surface area contributed by atoms with Gasteiger partial charge in [-0.15, -0.1) is 11.8 Å². The summed E-state index contributed by atoms with van der Waals surface area (Å²) in [5.41, 5.74) is 0.318. The van der Waals surface area contributed by atoms with Crippen molar-refractivity contribution in [3.63, 3.8) is 0 Å². The molecule has 15 heavy (non-hydrogen) atoms. The first-order valence-electron chi connectivity index (χ1n) is 5.63. The van der Waals surface area contributed by atoms with Gasteiger partial charge in [0.15, 0.2) is 0 Å². The molecule has 1 aliphatic rings. The Bertz CT molecular complexity index is 287. The number of allylic oxidation sites excluding steroid dienone is 5. The summed E-state index contributed by atoms with van der Waals surface area (Å²) < 4.78 is 0. The van der Waals surface area contributed by atoms with Gasteiger partial charge >= 0.3 is 0 Å². The van der Waals surface area contributed by atoms with Crippen LogP contribution in [0.3, 0.4) is 0 Å². The Morgan fingerprint density at radius 2 is 1.87 bits per heavy atom. The fourth-order valence-electron chi connectivity index (χ4n) is 1.52. The van der Waals surface area contributed by atoms with Crippen molar-refractivity contribution in [2.24, 2.45) is 11.3 Å². The quantitative estimate of drug-likeness (QED) is 0.646. The van der Waals surface area contributed by atoms with Crippen LogP contribution in [0.5, 0.6) is 0 Å². The van der Waals surface area contributed by atoms with Crippen molar-refractivity contribution in [2.75, 3.05) is 0 Å². The number of hydrogen-bond acceptors (Lipinski definition) is 1. The molecule has 0 heterocycles. The van der Waals surface area contributed by atoms with E-state index in [1.165, 1.54) is 4.91 Å². The molecule has 0 aromatic rings. The van der Waals surface area contributed by atoms with Crippen LogP contribution in [0.1, 0.15) is 34.6 Å². The molecule has 0 aromatic carbocycles. The summed E-state index contributed by atoms with van der Waals surface area (Å²) >= 11 is 1.92. The summed E-state index contributed by atoms with van der Waals surface area (Å²) in [4.78, 5) is 1.37. The third kappa shape index (κ3) is 4.29. The standard InChI is InChI=1S/C14H22S/c1-11(2)15-13-8-6-7-12(9-10-13)14(3,4)5/h6-12H,1-5H3. The maximum Gasteiger partial charge on any atom is 0.00715 e. The highest BCUT2D eigenvalue weighted by atomic mass is 32.2. The van der Waals surface area contributed by atoms with E-state index in [1.807, 2.05) is 11.8 Å². The van der Waals surface area contributed by atoms with Crippen molar-refractivity contribution in [1.29, 1.82) is 0 Å². The Morgan fingerprint density at radius 3 is 2.40 bits per heavy atom. The summed E-state index contributed by atoms with van der Waals surface area (Å²) in [7, 11) is 0. The van der Waals surface area contributed by atoms with Crippen molar-refractivity contribution in [1.82, 2.24) is 0 Å². The van der Waals surface area contributed by atoms with E-state index in [-0.39, 0.29) is 0 Å². The minimum absolute atomic E-state index is 0.318. The monoisotopic (exact) mass is 222 g/mol. The van der Waals surface area contributed by atoms with Crippen LogP contribution in [0.25, 0.3) is 0 Å². The number of rotatable bonds is 2. The van der Waals surface area contributed by atoms with Crippen molar-refractivity contribution in [2.45, 2.75) is 39.9 Å². The van der Waals surface area contributed by atoms with Crippen LogP contribution in [0, 0.1) is 11.3 Å². The van der Waals surface area contributed by atoms with Crippen molar-refractivity contribution in [3.05, 3.63) is 35.3 Å². The zero-order valence-electron chi connectivity index (χ0n) is 10.4. The van der Waals surface area contributed by atoms with E-state index in [0.717, 1.165) is 0 Å². The average Bonchev–Trinajstić information content (AvgIpc) is 2.27. The van der Waals surface area contributed by atoms with Gasteiger partial charge in [0, 0.05) is 16.1 Å². The van der Waals surface area contributed by atoms with Gasteiger partial charge in [-0.1, -0.05) is 58.9 Å². The second-order valence-electron chi connectivity index (χ2n) is 5.37. The summed E-state index contributed by atoms with van der Waals surface area (Å²) in [5, 5.41) is 0.653. The largest absolute Gasteiger partial charge is 0.123 e. The smallest absolute Gasteiger partial charge is 0.00715 e. The molecule has 1 atom stereocenters. The van der Waals surface area contributed by atoms with Gasteiger partial charge in [-0.05, 0) is 11.5 Å². The zero-order chi connectivity index (χ0) is 11.5. The molecule has 0 N–H and O–H groups in total. The third-order valence-electron chi connectivity index (χ3n) is 2.42. The lowest BCUT2D eigenvalue weighted by Crippen LogP contribution is -2.15. The van der Waals surface area contributed by atoms with Crippen molar-refractivity contribution >= 4 is 11.8 Å². The average molecular weight is 222 g/mol. The molecule has 84 valence electrons. The van der Waals surface area contributed by atoms with Crippen LogP contribution < -0.4 is 0 Å². The molecule has 0 aromatic heterocycles. The molecule has 0 radical (unpaired) electrons. The Hall–Kier alpha value is -0.430. The predicted molar refractivity (Wildman–Crippen MR) is 72.0 cm³/mol. The van der Waals surface area contributed by atoms with Crippen LogP contribution in [0.4, 0.5) is 0 Å². The zero-order valence-corrected chi connectivity index (χ0v) is 11.3. The van der Waals surface area contributed by atoms with E-state index < -0.39 is 0 Å². The predicted octanol–water partition coefficient (Wildman–Crippen LogP) is 4.80. The van der Waals surface area contributed by atoms with Crippen molar-refractivity contribution in [3.8, 4) is 0 Å². The lowest BCUT2D eigenvalue weighted by molar-refractivity contribution is 0.344. The van der Waals surface area contributed by atoms with Gasteiger partial charge in [0.25, 0.3) is 0 Å². The molecule has 0 spiro atoms. The first-order valence-corrected chi connectivity index (χ1v) is 6.51. The summed E-state index contributed by atoms with van der Waals surface area (Å²) in [6.45, 7) is 11.3. The Balaban J connectivity index is 2.72. The lowest BCUT2D eigenvalue weighted by atomic mass is 9.80. The van der Waals surface area contributed by atoms with Gasteiger partial charge in [0.05, 0.1) is 0 Å². The van der Waals surface area contributed by atoms with E-state index in [4.69, 9.17) is 0 Å². The molecule has 0 bridgehead atoms. The topological polar surface area (TPSA) is 0 Å². The highest BCUT2D eigenvalue weighted by Crippen LogP contribution is 2.32. The summed E-state index contributed by atoms with van der Waals surface area (Å²) in [6.07, 6.45) is 11.3. The van der Waals surface area contributed by atoms with Gasteiger partial charge in [0.2, 0.25) is 0 Å². The molecular formula is C14H22S. The van der Waals surface area contributed by atoms with Gasteiger partial charge in [-0.2, -0.15) is 0 Å². The molecule has 1 unspecified atom stereocenters. The van der Waals surface area contributed by atoms with Crippen LogP contribution in [0.2, 0.25) is 0 Å². The van der Waals surface area contributed by atoms with E-state index in [1.54, 1.807) is 0 Å². The van der Waals surface area contributed by atoms with Crippen LogP contribution in [-0.2, 0) is 0 Å². The second kappa shape index (κ2) is 5.07.